The first kappa shape index (κ1) is 13.1. The van der Waals surface area contributed by atoms with Crippen molar-refractivity contribution in [2.45, 2.75) is 19.8 Å². The zero-order valence-corrected chi connectivity index (χ0v) is 10.9. The van der Waals surface area contributed by atoms with Crippen molar-refractivity contribution in [3.63, 3.8) is 0 Å². The molecule has 19 heavy (non-hydrogen) atoms. The van der Waals surface area contributed by atoms with Crippen LogP contribution in [0.1, 0.15) is 17.5 Å². The first-order valence-corrected chi connectivity index (χ1v) is 6.21. The quantitative estimate of drug-likeness (QED) is 0.825. The lowest BCUT2D eigenvalue weighted by Crippen LogP contribution is -2.14. The number of amides is 1. The number of benzene rings is 1. The molecule has 0 radical (unpaired) electrons. The number of nitrogens with one attached hydrogen (secondary N) is 1. The lowest BCUT2D eigenvalue weighted by molar-refractivity contribution is -0.116. The van der Waals surface area contributed by atoms with Crippen LogP contribution in [0.4, 0.5) is 11.5 Å². The minimum absolute atomic E-state index is 0.0291. The number of hydrogen-bond acceptors (Lipinski definition) is 3. The monoisotopic (exact) mass is 255 g/mol. The average molecular weight is 255 g/mol. The summed E-state index contributed by atoms with van der Waals surface area (Å²) < 4.78 is 0. The van der Waals surface area contributed by atoms with Gasteiger partial charge in [0.2, 0.25) is 5.91 Å². The van der Waals surface area contributed by atoms with E-state index in [1.54, 1.807) is 6.20 Å². The summed E-state index contributed by atoms with van der Waals surface area (Å²) in [5.41, 5.74) is 8.41. The lowest BCUT2D eigenvalue weighted by atomic mass is 10.1. The number of nitrogen functional groups attached to an aromatic ring is 1. The molecule has 1 aromatic carbocycles. The summed E-state index contributed by atoms with van der Waals surface area (Å²) in [7, 11) is 0. The van der Waals surface area contributed by atoms with Crippen LogP contribution in [-0.2, 0) is 11.2 Å². The van der Waals surface area contributed by atoms with Gasteiger partial charge in [-0.15, -0.1) is 0 Å². The van der Waals surface area contributed by atoms with Crippen LogP contribution in [0.5, 0.6) is 0 Å². The predicted molar refractivity (Wildman–Crippen MR) is 76.8 cm³/mol. The number of rotatable bonds is 4. The molecule has 0 saturated heterocycles. The molecule has 0 aliphatic carbocycles. The number of aromatic nitrogens is 1. The van der Waals surface area contributed by atoms with Crippen molar-refractivity contribution in [3.05, 3.63) is 53.7 Å². The minimum atomic E-state index is -0.0291. The first-order chi connectivity index (χ1) is 9.15. The highest BCUT2D eigenvalue weighted by molar-refractivity contribution is 5.90. The zero-order valence-electron chi connectivity index (χ0n) is 10.9. The van der Waals surface area contributed by atoms with Gasteiger partial charge in [-0.1, -0.05) is 18.2 Å². The second kappa shape index (κ2) is 6.00. The van der Waals surface area contributed by atoms with Crippen molar-refractivity contribution in [3.8, 4) is 0 Å². The molecule has 0 spiro atoms. The molecule has 4 heteroatoms. The fraction of sp³-hybridized carbons (Fsp3) is 0.200. The Morgan fingerprint density at radius 1 is 1.26 bits per heavy atom. The summed E-state index contributed by atoms with van der Waals surface area (Å²) in [6, 6.07) is 11.3. The van der Waals surface area contributed by atoms with Crippen molar-refractivity contribution in [1.82, 2.24) is 4.98 Å². The fourth-order valence-electron chi connectivity index (χ4n) is 1.75. The van der Waals surface area contributed by atoms with E-state index in [1.807, 2.05) is 43.3 Å². The van der Waals surface area contributed by atoms with Gasteiger partial charge in [0.05, 0.1) is 0 Å². The van der Waals surface area contributed by atoms with E-state index in [1.165, 1.54) is 0 Å². The Bertz CT molecular complexity index is 564. The Hall–Kier alpha value is -2.36. The highest BCUT2D eigenvalue weighted by Gasteiger charge is 2.05. The number of carbonyl (C=O) groups is 1. The standard InChI is InChI=1S/C15H17N3O/c1-11-3-2-10-17-15(11)18-14(19)9-6-12-4-7-13(16)8-5-12/h2-5,7-8,10H,6,9,16H2,1H3,(H,17,18,19). The zero-order chi connectivity index (χ0) is 13.7. The van der Waals surface area contributed by atoms with Crippen LogP contribution in [0.15, 0.2) is 42.6 Å². The van der Waals surface area contributed by atoms with E-state index in [-0.39, 0.29) is 5.91 Å². The normalized spacial score (nSPS) is 10.2. The maximum atomic E-state index is 11.8. The van der Waals surface area contributed by atoms with Gasteiger partial charge in [-0.25, -0.2) is 4.98 Å². The van der Waals surface area contributed by atoms with Crippen molar-refractivity contribution >= 4 is 17.4 Å². The number of nitrogens with two attached hydrogens (primary N) is 1. The van der Waals surface area contributed by atoms with E-state index in [2.05, 4.69) is 10.3 Å². The summed E-state index contributed by atoms with van der Waals surface area (Å²) in [5, 5.41) is 2.82. The summed E-state index contributed by atoms with van der Waals surface area (Å²) in [4.78, 5) is 16.0. The van der Waals surface area contributed by atoms with Crippen molar-refractivity contribution in [2.24, 2.45) is 0 Å². The van der Waals surface area contributed by atoms with Gasteiger partial charge in [0, 0.05) is 18.3 Å². The Morgan fingerprint density at radius 2 is 2.00 bits per heavy atom. The Balaban J connectivity index is 1.88. The molecule has 4 nitrogen and oxygen atoms in total. The molecule has 98 valence electrons. The molecule has 3 N–H and O–H groups in total. The van der Waals surface area contributed by atoms with Gasteiger partial charge in [-0.05, 0) is 42.7 Å². The topological polar surface area (TPSA) is 68.0 Å². The SMILES string of the molecule is Cc1cccnc1NC(=O)CCc1ccc(N)cc1. The van der Waals surface area contributed by atoms with E-state index in [0.29, 0.717) is 18.7 Å². The van der Waals surface area contributed by atoms with Gasteiger partial charge in [0.1, 0.15) is 5.82 Å². The molecule has 0 unspecified atom stereocenters. The summed E-state index contributed by atoms with van der Waals surface area (Å²) in [6.45, 7) is 1.92. The Kier molecular flexibility index (Phi) is 4.13. The van der Waals surface area contributed by atoms with Crippen LogP contribution < -0.4 is 11.1 Å². The van der Waals surface area contributed by atoms with E-state index in [9.17, 15) is 4.79 Å². The Morgan fingerprint density at radius 3 is 2.68 bits per heavy atom. The van der Waals surface area contributed by atoms with E-state index in [4.69, 9.17) is 5.73 Å². The minimum Gasteiger partial charge on any atom is -0.399 e. The van der Waals surface area contributed by atoms with Crippen LogP contribution in [0.2, 0.25) is 0 Å². The second-order valence-electron chi connectivity index (χ2n) is 4.46. The third-order valence-electron chi connectivity index (χ3n) is 2.89. The molecule has 0 saturated carbocycles. The van der Waals surface area contributed by atoms with E-state index in [0.717, 1.165) is 16.8 Å². The van der Waals surface area contributed by atoms with Gasteiger partial charge in [0.15, 0.2) is 0 Å². The van der Waals surface area contributed by atoms with Crippen molar-refractivity contribution in [1.29, 1.82) is 0 Å². The molecule has 0 bridgehead atoms. The smallest absolute Gasteiger partial charge is 0.225 e. The number of anilines is 2. The van der Waals surface area contributed by atoms with Crippen LogP contribution >= 0.6 is 0 Å². The number of aryl methyl sites for hydroxylation is 2. The maximum absolute atomic E-state index is 11.8. The molecule has 2 aromatic rings. The van der Waals surface area contributed by atoms with Crippen LogP contribution in [-0.4, -0.2) is 10.9 Å². The van der Waals surface area contributed by atoms with Crippen LogP contribution in [0, 0.1) is 6.92 Å². The summed E-state index contributed by atoms with van der Waals surface area (Å²) in [5.74, 6) is 0.600. The van der Waals surface area contributed by atoms with Gasteiger partial charge in [-0.2, -0.15) is 0 Å². The third kappa shape index (κ3) is 3.81. The van der Waals surface area contributed by atoms with Gasteiger partial charge in [-0.3, -0.25) is 4.79 Å². The number of carbonyl (C=O) groups excluding carboxylic acids is 1. The number of nitrogens with zero attached hydrogens (tertiary/aromatic N) is 1. The first-order valence-electron chi connectivity index (χ1n) is 6.21. The molecule has 0 atom stereocenters. The second-order valence-corrected chi connectivity index (χ2v) is 4.46. The van der Waals surface area contributed by atoms with Crippen molar-refractivity contribution < 1.29 is 4.79 Å². The van der Waals surface area contributed by atoms with Gasteiger partial charge >= 0.3 is 0 Å². The molecular weight excluding hydrogens is 238 g/mol. The molecule has 2 rings (SSSR count). The molecule has 0 aliphatic rings. The van der Waals surface area contributed by atoms with E-state index >= 15 is 0 Å². The molecule has 0 aliphatic heterocycles. The maximum Gasteiger partial charge on any atom is 0.225 e. The number of pyridine rings is 1. The van der Waals surface area contributed by atoms with Gasteiger partial charge in [0.25, 0.3) is 0 Å². The average Bonchev–Trinajstić information content (AvgIpc) is 2.41. The molecule has 0 fully saturated rings. The number of hydrogen-bond donors (Lipinski definition) is 2. The predicted octanol–water partition coefficient (Wildman–Crippen LogP) is 2.54. The molecular formula is C15H17N3O. The third-order valence-corrected chi connectivity index (χ3v) is 2.89. The molecule has 1 amide bonds. The Labute approximate surface area is 112 Å². The molecule has 1 heterocycles. The summed E-state index contributed by atoms with van der Waals surface area (Å²) in [6.07, 6.45) is 2.79. The van der Waals surface area contributed by atoms with Crippen LogP contribution in [0.3, 0.4) is 0 Å². The molecule has 1 aromatic heterocycles. The van der Waals surface area contributed by atoms with Crippen molar-refractivity contribution in [2.75, 3.05) is 11.1 Å². The highest BCUT2D eigenvalue weighted by atomic mass is 16.1. The lowest BCUT2D eigenvalue weighted by Gasteiger charge is -2.07. The van der Waals surface area contributed by atoms with E-state index < -0.39 is 0 Å². The summed E-state index contributed by atoms with van der Waals surface area (Å²) >= 11 is 0. The largest absolute Gasteiger partial charge is 0.399 e. The van der Waals surface area contributed by atoms with Crippen LogP contribution in [0.25, 0.3) is 0 Å². The highest BCUT2D eigenvalue weighted by Crippen LogP contribution is 2.11. The fourth-order valence-corrected chi connectivity index (χ4v) is 1.75. The van der Waals surface area contributed by atoms with Gasteiger partial charge < -0.3 is 11.1 Å².